The molecule has 0 saturated carbocycles. The number of nitro groups is 1. The van der Waals surface area contributed by atoms with Crippen molar-refractivity contribution >= 4 is 17.3 Å². The number of aromatic hydroxyl groups is 1. The van der Waals surface area contributed by atoms with Crippen LogP contribution in [0.2, 0.25) is 0 Å². The van der Waals surface area contributed by atoms with Crippen LogP contribution in [0.25, 0.3) is 0 Å². The van der Waals surface area contributed by atoms with Gasteiger partial charge in [0, 0.05) is 0 Å². The third-order valence-electron chi connectivity index (χ3n) is 1.79. The molecule has 0 saturated heterocycles. The van der Waals surface area contributed by atoms with Crippen LogP contribution in [-0.2, 0) is 4.79 Å². The molecule has 1 rings (SSSR count). The number of hydrogen-bond acceptors (Lipinski definition) is 5. The molecule has 16 heavy (non-hydrogen) atoms. The second-order valence-electron chi connectivity index (χ2n) is 2.98. The van der Waals surface area contributed by atoms with Gasteiger partial charge in [-0.25, -0.2) is 0 Å². The number of benzene rings is 1. The highest BCUT2D eigenvalue weighted by atomic mass is 16.6. The first-order valence-electron chi connectivity index (χ1n) is 4.42. The molecular weight excluding hydrogens is 216 g/mol. The number of phenols is 1. The first kappa shape index (κ1) is 11.9. The van der Waals surface area contributed by atoms with Gasteiger partial charge in [0.25, 0.3) is 5.69 Å². The van der Waals surface area contributed by atoms with Gasteiger partial charge in [-0.2, -0.15) is 0 Å². The number of aliphatic hydroxyl groups is 1. The summed E-state index contributed by atoms with van der Waals surface area (Å²) in [5, 5.41) is 30.4. The minimum atomic E-state index is -0.714. The molecule has 0 aliphatic carbocycles. The zero-order chi connectivity index (χ0) is 12.1. The Bertz CT molecular complexity index is 418. The molecule has 0 aliphatic heterocycles. The van der Waals surface area contributed by atoms with Crippen molar-refractivity contribution < 1.29 is 19.9 Å². The highest BCUT2D eigenvalue weighted by Gasteiger charge is 2.16. The molecule has 3 N–H and O–H groups in total. The molecule has 1 aromatic carbocycles. The maximum atomic E-state index is 11.1. The quantitative estimate of drug-likeness (QED) is 0.395. The molecule has 1 aromatic rings. The Morgan fingerprint density at radius 3 is 2.75 bits per heavy atom. The zero-order valence-corrected chi connectivity index (χ0v) is 8.21. The topological polar surface area (TPSA) is 113 Å². The van der Waals surface area contributed by atoms with Gasteiger partial charge < -0.3 is 15.5 Å². The normalized spacial score (nSPS) is 9.81. The van der Waals surface area contributed by atoms with Crippen LogP contribution >= 0.6 is 0 Å². The van der Waals surface area contributed by atoms with Crippen LogP contribution < -0.4 is 5.32 Å². The number of phenolic OH excluding ortho intramolecular Hbond substituents is 1. The molecule has 0 bridgehead atoms. The van der Waals surface area contributed by atoms with E-state index in [4.69, 9.17) is 10.2 Å². The number of aliphatic hydroxyl groups excluding tert-OH is 1. The van der Waals surface area contributed by atoms with Crippen LogP contribution in [0, 0.1) is 10.1 Å². The van der Waals surface area contributed by atoms with E-state index >= 15 is 0 Å². The van der Waals surface area contributed by atoms with Crippen molar-refractivity contribution in [2.24, 2.45) is 0 Å². The number of hydrogen-bond donors (Lipinski definition) is 3. The van der Waals surface area contributed by atoms with Gasteiger partial charge in [-0.15, -0.1) is 0 Å². The van der Waals surface area contributed by atoms with Crippen molar-refractivity contribution in [1.29, 1.82) is 0 Å². The Kier molecular flexibility index (Phi) is 3.78. The predicted octanol–water partition coefficient (Wildman–Crippen LogP) is 0.621. The van der Waals surface area contributed by atoms with E-state index in [0.29, 0.717) is 0 Å². The number of carbonyl (C=O) groups excluding carboxylic acids is 1. The Morgan fingerprint density at radius 2 is 2.19 bits per heavy atom. The fourth-order valence-corrected chi connectivity index (χ4v) is 1.09. The maximum Gasteiger partial charge on any atom is 0.296 e. The van der Waals surface area contributed by atoms with Crippen molar-refractivity contribution in [2.75, 3.05) is 11.9 Å². The Hall–Kier alpha value is -2.15. The van der Waals surface area contributed by atoms with Gasteiger partial charge in [-0.1, -0.05) is 0 Å². The summed E-state index contributed by atoms with van der Waals surface area (Å²) in [5.41, 5.74) is -0.410. The summed E-state index contributed by atoms with van der Waals surface area (Å²) in [6.45, 7) is -0.336. The standard InChI is InChI=1S/C9H10N2O5/c12-4-3-9(14)10-7-2-1-6(13)5-8(7)11(15)16/h1-2,5,12-13H,3-4H2,(H,10,14). The van der Waals surface area contributed by atoms with Crippen LogP contribution in [0.3, 0.4) is 0 Å². The molecular formula is C9H10N2O5. The van der Waals surface area contributed by atoms with E-state index in [2.05, 4.69) is 5.32 Å². The van der Waals surface area contributed by atoms with E-state index in [-0.39, 0.29) is 24.5 Å². The van der Waals surface area contributed by atoms with Gasteiger partial charge in [-0.3, -0.25) is 14.9 Å². The van der Waals surface area contributed by atoms with Gasteiger partial charge in [0.2, 0.25) is 5.91 Å². The van der Waals surface area contributed by atoms with Crippen LogP contribution in [0.4, 0.5) is 11.4 Å². The molecule has 0 spiro atoms. The lowest BCUT2D eigenvalue weighted by Crippen LogP contribution is -2.13. The number of nitrogens with zero attached hydrogens (tertiary/aromatic N) is 1. The summed E-state index contributed by atoms with van der Waals surface area (Å²) >= 11 is 0. The molecule has 1 amide bonds. The predicted molar refractivity (Wildman–Crippen MR) is 55.1 cm³/mol. The van der Waals surface area contributed by atoms with E-state index in [1.807, 2.05) is 0 Å². The van der Waals surface area contributed by atoms with Gasteiger partial charge in [0.1, 0.15) is 11.4 Å². The lowest BCUT2D eigenvalue weighted by Gasteiger charge is -2.05. The second kappa shape index (κ2) is 5.08. The van der Waals surface area contributed by atoms with Crippen LogP contribution in [-0.4, -0.2) is 27.7 Å². The third kappa shape index (κ3) is 2.92. The Balaban J connectivity index is 2.95. The van der Waals surface area contributed by atoms with Crippen molar-refractivity contribution in [1.82, 2.24) is 0 Å². The number of nitrogens with one attached hydrogen (secondary N) is 1. The number of carbonyl (C=O) groups is 1. The summed E-state index contributed by atoms with van der Waals surface area (Å²) in [4.78, 5) is 21.0. The molecule has 86 valence electrons. The van der Waals surface area contributed by atoms with E-state index in [1.165, 1.54) is 12.1 Å². The van der Waals surface area contributed by atoms with E-state index in [0.717, 1.165) is 6.07 Å². The van der Waals surface area contributed by atoms with Gasteiger partial charge >= 0.3 is 0 Å². The monoisotopic (exact) mass is 226 g/mol. The summed E-state index contributed by atoms with van der Waals surface area (Å²) in [5.74, 6) is -0.789. The highest BCUT2D eigenvalue weighted by Crippen LogP contribution is 2.28. The van der Waals surface area contributed by atoms with Crippen LogP contribution in [0.1, 0.15) is 6.42 Å². The van der Waals surface area contributed by atoms with Crippen molar-refractivity contribution in [3.63, 3.8) is 0 Å². The van der Waals surface area contributed by atoms with Crippen LogP contribution in [0.15, 0.2) is 18.2 Å². The number of nitro benzene ring substituents is 1. The molecule has 7 nitrogen and oxygen atoms in total. The molecule has 0 radical (unpaired) electrons. The van der Waals surface area contributed by atoms with Crippen molar-refractivity contribution in [3.8, 4) is 5.75 Å². The average Bonchev–Trinajstić information content (AvgIpc) is 2.20. The minimum Gasteiger partial charge on any atom is -0.508 e. The summed E-state index contributed by atoms with van der Waals surface area (Å²) in [6.07, 6.45) is -0.141. The smallest absolute Gasteiger partial charge is 0.296 e. The first-order valence-corrected chi connectivity index (χ1v) is 4.42. The van der Waals surface area contributed by atoms with Crippen molar-refractivity contribution in [2.45, 2.75) is 6.42 Å². The molecule has 0 atom stereocenters. The SMILES string of the molecule is O=C(CCO)Nc1ccc(O)cc1[N+](=O)[O-]. The number of anilines is 1. The van der Waals surface area contributed by atoms with Gasteiger partial charge in [0.15, 0.2) is 0 Å². The average molecular weight is 226 g/mol. The van der Waals surface area contributed by atoms with E-state index in [9.17, 15) is 14.9 Å². The number of rotatable bonds is 4. The molecule has 0 aromatic heterocycles. The largest absolute Gasteiger partial charge is 0.508 e. The molecule has 0 aliphatic rings. The first-order chi connectivity index (χ1) is 7.54. The third-order valence-corrected chi connectivity index (χ3v) is 1.79. The molecule has 0 heterocycles. The molecule has 0 unspecified atom stereocenters. The molecule has 7 heteroatoms. The van der Waals surface area contributed by atoms with Gasteiger partial charge in [-0.05, 0) is 12.1 Å². The maximum absolute atomic E-state index is 11.1. The minimum absolute atomic E-state index is 0.0127. The van der Waals surface area contributed by atoms with E-state index in [1.54, 1.807) is 0 Å². The van der Waals surface area contributed by atoms with E-state index < -0.39 is 16.5 Å². The summed E-state index contributed by atoms with van der Waals surface area (Å²) in [6, 6.07) is 3.39. The van der Waals surface area contributed by atoms with Gasteiger partial charge in [0.05, 0.1) is 24.0 Å². The fourth-order valence-electron chi connectivity index (χ4n) is 1.09. The van der Waals surface area contributed by atoms with Crippen LogP contribution in [0.5, 0.6) is 5.75 Å². The Labute approximate surface area is 90.5 Å². The Morgan fingerprint density at radius 1 is 1.50 bits per heavy atom. The lowest BCUT2D eigenvalue weighted by molar-refractivity contribution is -0.384. The number of amides is 1. The fraction of sp³-hybridized carbons (Fsp3) is 0.222. The zero-order valence-electron chi connectivity index (χ0n) is 8.21. The lowest BCUT2D eigenvalue weighted by atomic mass is 10.2. The second-order valence-corrected chi connectivity index (χ2v) is 2.98. The summed E-state index contributed by atoms with van der Waals surface area (Å²) < 4.78 is 0. The molecule has 0 fully saturated rings. The summed E-state index contributed by atoms with van der Waals surface area (Å²) in [7, 11) is 0. The van der Waals surface area contributed by atoms with Crippen molar-refractivity contribution in [3.05, 3.63) is 28.3 Å². The highest BCUT2D eigenvalue weighted by molar-refractivity contribution is 5.93.